The topological polar surface area (TPSA) is 90.4 Å². The van der Waals surface area contributed by atoms with Crippen molar-refractivity contribution in [3.63, 3.8) is 0 Å². The minimum absolute atomic E-state index is 0.0382. The number of thiophene rings is 1. The maximum atomic E-state index is 13.2. The van der Waals surface area contributed by atoms with Crippen molar-refractivity contribution in [3.8, 4) is 11.5 Å². The monoisotopic (exact) mass is 385 g/mol. The maximum Gasteiger partial charge on any atom is 0.226 e. The van der Waals surface area contributed by atoms with Gasteiger partial charge in [0.15, 0.2) is 16.3 Å². The molecular formula is C18H11NO5S2. The van der Waals surface area contributed by atoms with E-state index in [4.69, 9.17) is 8.94 Å². The van der Waals surface area contributed by atoms with Gasteiger partial charge in [0.2, 0.25) is 21.4 Å². The van der Waals surface area contributed by atoms with Gasteiger partial charge in [-0.05, 0) is 35.7 Å². The summed E-state index contributed by atoms with van der Waals surface area (Å²) >= 11 is 1.20. The first-order valence-corrected chi connectivity index (χ1v) is 9.87. The molecule has 0 radical (unpaired) electrons. The van der Waals surface area contributed by atoms with Crippen LogP contribution in [0.5, 0.6) is 0 Å². The predicted octanol–water partition coefficient (Wildman–Crippen LogP) is 4.06. The quantitative estimate of drug-likeness (QED) is 0.481. The van der Waals surface area contributed by atoms with Gasteiger partial charge in [0, 0.05) is 0 Å². The third kappa shape index (κ3) is 2.69. The third-order valence-electron chi connectivity index (χ3n) is 3.68. The van der Waals surface area contributed by atoms with E-state index in [0.29, 0.717) is 4.88 Å². The van der Waals surface area contributed by atoms with Crippen molar-refractivity contribution in [2.45, 2.75) is 9.79 Å². The average molecular weight is 385 g/mol. The fourth-order valence-electron chi connectivity index (χ4n) is 2.48. The highest BCUT2D eigenvalue weighted by Crippen LogP contribution is 2.35. The van der Waals surface area contributed by atoms with Crippen LogP contribution >= 0.6 is 11.3 Å². The number of nitrogens with zero attached hydrogens (tertiary/aromatic N) is 1. The van der Waals surface area contributed by atoms with Crippen molar-refractivity contribution in [1.29, 1.82) is 0 Å². The number of ketones is 1. The number of hydrogen-bond acceptors (Lipinski definition) is 7. The summed E-state index contributed by atoms with van der Waals surface area (Å²) in [4.78, 5) is 12.9. The number of rotatable bonds is 5. The summed E-state index contributed by atoms with van der Waals surface area (Å²) in [6, 6.07) is 14.3. The van der Waals surface area contributed by atoms with Crippen LogP contribution in [0.1, 0.15) is 15.4 Å². The van der Waals surface area contributed by atoms with Crippen LogP contribution in [0.15, 0.2) is 85.0 Å². The van der Waals surface area contributed by atoms with E-state index < -0.39 is 15.6 Å². The second-order valence-corrected chi connectivity index (χ2v) is 8.12. The molecule has 3 heterocycles. The van der Waals surface area contributed by atoms with Crippen molar-refractivity contribution in [1.82, 2.24) is 5.16 Å². The smallest absolute Gasteiger partial charge is 0.226 e. The van der Waals surface area contributed by atoms with Gasteiger partial charge in [-0.1, -0.05) is 29.4 Å². The van der Waals surface area contributed by atoms with Gasteiger partial charge >= 0.3 is 0 Å². The Kier molecular flexibility index (Phi) is 4.06. The summed E-state index contributed by atoms with van der Waals surface area (Å²) in [6.07, 6.45) is 1.39. The summed E-state index contributed by atoms with van der Waals surface area (Å²) in [5, 5.41) is 5.49. The van der Waals surface area contributed by atoms with E-state index >= 15 is 0 Å². The van der Waals surface area contributed by atoms with Gasteiger partial charge in [-0.2, -0.15) is 0 Å². The molecule has 3 aromatic heterocycles. The van der Waals surface area contributed by atoms with E-state index in [0.717, 1.165) is 0 Å². The molecule has 0 aliphatic carbocycles. The maximum absolute atomic E-state index is 13.2. The number of hydrogen-bond donors (Lipinski definition) is 0. The molecule has 0 saturated heterocycles. The molecule has 0 aliphatic heterocycles. The SMILES string of the molecule is O=C(c1cccs1)c1noc(-c2ccco2)c1S(=O)(=O)c1ccccc1. The highest BCUT2D eigenvalue weighted by atomic mass is 32.2. The Morgan fingerprint density at radius 1 is 1.00 bits per heavy atom. The fourth-order valence-corrected chi connectivity index (χ4v) is 4.66. The second kappa shape index (κ2) is 6.40. The summed E-state index contributed by atoms with van der Waals surface area (Å²) in [5.74, 6) is -0.438. The van der Waals surface area contributed by atoms with Gasteiger partial charge in [0.05, 0.1) is 16.0 Å². The molecule has 0 atom stereocenters. The summed E-state index contributed by atoms with van der Waals surface area (Å²) < 4.78 is 36.9. The van der Waals surface area contributed by atoms with Crippen molar-refractivity contribution < 1.29 is 22.2 Å². The molecule has 0 fully saturated rings. The minimum atomic E-state index is -4.05. The molecule has 8 heteroatoms. The van der Waals surface area contributed by atoms with Gasteiger partial charge in [-0.3, -0.25) is 4.79 Å². The summed E-state index contributed by atoms with van der Waals surface area (Å²) in [6.45, 7) is 0. The van der Waals surface area contributed by atoms with Crippen LogP contribution in [0.3, 0.4) is 0 Å². The molecule has 1 aromatic carbocycles. The Morgan fingerprint density at radius 3 is 2.46 bits per heavy atom. The second-order valence-electron chi connectivity index (χ2n) is 5.29. The van der Waals surface area contributed by atoms with Crippen LogP contribution in [0.4, 0.5) is 0 Å². The summed E-state index contributed by atoms with van der Waals surface area (Å²) in [5.41, 5.74) is -0.261. The molecule has 0 spiro atoms. The van der Waals surface area contributed by atoms with Crippen LogP contribution in [-0.4, -0.2) is 19.4 Å². The summed E-state index contributed by atoms with van der Waals surface area (Å²) in [7, 11) is -4.05. The first-order chi connectivity index (χ1) is 12.6. The van der Waals surface area contributed by atoms with Crippen LogP contribution < -0.4 is 0 Å². The van der Waals surface area contributed by atoms with Crippen molar-refractivity contribution in [2.24, 2.45) is 0 Å². The first kappa shape index (κ1) is 16.5. The highest BCUT2D eigenvalue weighted by molar-refractivity contribution is 7.91. The highest BCUT2D eigenvalue weighted by Gasteiger charge is 2.35. The van der Waals surface area contributed by atoms with E-state index in [-0.39, 0.29) is 27.0 Å². The van der Waals surface area contributed by atoms with Crippen molar-refractivity contribution >= 4 is 27.0 Å². The number of carbonyl (C=O) groups is 1. The zero-order valence-electron chi connectivity index (χ0n) is 13.2. The van der Waals surface area contributed by atoms with E-state index in [1.165, 1.54) is 29.7 Å². The number of carbonyl (C=O) groups excluding carboxylic acids is 1. The fraction of sp³-hybridized carbons (Fsp3) is 0. The van der Waals surface area contributed by atoms with E-state index in [1.54, 1.807) is 47.8 Å². The number of benzene rings is 1. The lowest BCUT2D eigenvalue weighted by Crippen LogP contribution is -2.10. The van der Waals surface area contributed by atoms with E-state index in [1.807, 2.05) is 0 Å². The Hall–Kier alpha value is -2.97. The molecule has 0 aliphatic rings. The lowest BCUT2D eigenvalue weighted by molar-refractivity contribution is 0.103. The molecule has 4 rings (SSSR count). The number of furan rings is 1. The Balaban J connectivity index is 1.97. The normalized spacial score (nSPS) is 11.5. The van der Waals surface area contributed by atoms with Crippen molar-refractivity contribution in [3.05, 3.63) is 76.8 Å². The largest absolute Gasteiger partial charge is 0.461 e. The molecule has 0 N–H and O–H groups in total. The molecule has 0 unspecified atom stereocenters. The van der Waals surface area contributed by atoms with Crippen LogP contribution in [0.2, 0.25) is 0 Å². The third-order valence-corrected chi connectivity index (χ3v) is 6.35. The lowest BCUT2D eigenvalue weighted by Gasteiger charge is -2.05. The number of aromatic nitrogens is 1. The van der Waals surface area contributed by atoms with Crippen molar-refractivity contribution in [2.75, 3.05) is 0 Å². The predicted molar refractivity (Wildman–Crippen MR) is 93.9 cm³/mol. The minimum Gasteiger partial charge on any atom is -0.461 e. The Bertz CT molecular complexity index is 1140. The van der Waals surface area contributed by atoms with Gasteiger partial charge in [-0.15, -0.1) is 11.3 Å². The van der Waals surface area contributed by atoms with Crippen LogP contribution in [0, 0.1) is 0 Å². The van der Waals surface area contributed by atoms with E-state index in [9.17, 15) is 13.2 Å². The molecule has 26 heavy (non-hydrogen) atoms. The van der Waals surface area contributed by atoms with Gasteiger partial charge in [0.1, 0.15) is 0 Å². The van der Waals surface area contributed by atoms with Crippen LogP contribution in [-0.2, 0) is 9.84 Å². The van der Waals surface area contributed by atoms with Gasteiger partial charge in [-0.25, -0.2) is 8.42 Å². The molecule has 130 valence electrons. The first-order valence-electron chi connectivity index (χ1n) is 7.51. The molecular weight excluding hydrogens is 374 g/mol. The Morgan fingerprint density at radius 2 is 1.81 bits per heavy atom. The zero-order valence-corrected chi connectivity index (χ0v) is 14.8. The lowest BCUT2D eigenvalue weighted by atomic mass is 10.2. The molecule has 0 bridgehead atoms. The zero-order chi connectivity index (χ0) is 18.1. The molecule has 0 amide bonds. The Labute approximate surface area is 152 Å². The molecule has 0 saturated carbocycles. The van der Waals surface area contributed by atoms with E-state index in [2.05, 4.69) is 5.16 Å². The molecule has 6 nitrogen and oxygen atoms in total. The standard InChI is InChI=1S/C18H11NO5S2/c20-16(14-9-5-11-25-14)15-18(17(24-19-15)13-8-4-10-23-13)26(21,22)12-6-2-1-3-7-12/h1-11H. The van der Waals surface area contributed by atoms with Gasteiger partial charge < -0.3 is 8.94 Å². The molecule has 4 aromatic rings. The van der Waals surface area contributed by atoms with Crippen LogP contribution in [0.25, 0.3) is 11.5 Å². The average Bonchev–Trinajstić information content (AvgIpc) is 3.42. The van der Waals surface area contributed by atoms with Gasteiger partial charge in [0.25, 0.3) is 0 Å². The number of sulfone groups is 1.